The zero-order valence-corrected chi connectivity index (χ0v) is 13.8. The van der Waals surface area contributed by atoms with E-state index in [0.29, 0.717) is 16.2 Å². The third kappa shape index (κ3) is 3.55. The molecule has 21 heavy (non-hydrogen) atoms. The molecule has 0 saturated heterocycles. The second-order valence-electron chi connectivity index (χ2n) is 5.85. The molecule has 3 rings (SSSR count). The van der Waals surface area contributed by atoms with E-state index in [9.17, 15) is 8.42 Å². The van der Waals surface area contributed by atoms with Crippen molar-refractivity contribution in [3.05, 3.63) is 24.3 Å². The molecule has 2 aliphatic rings. The second kappa shape index (κ2) is 6.18. The number of para-hydroxylation sites is 1. The Balaban J connectivity index is 1.82. The first kappa shape index (κ1) is 15.2. The molecule has 0 aliphatic heterocycles. The molecule has 4 nitrogen and oxygen atoms in total. The Kier molecular flexibility index (Phi) is 4.47. The molecule has 6 heteroatoms. The summed E-state index contributed by atoms with van der Waals surface area (Å²) in [6.07, 6.45) is 7.54. The summed E-state index contributed by atoms with van der Waals surface area (Å²) in [5.74, 6) is 0. The Morgan fingerprint density at radius 2 is 1.90 bits per heavy atom. The van der Waals surface area contributed by atoms with Gasteiger partial charge in [0.15, 0.2) is 0 Å². The van der Waals surface area contributed by atoms with Gasteiger partial charge in [0.05, 0.1) is 5.69 Å². The molecule has 0 bridgehead atoms. The Morgan fingerprint density at radius 1 is 1.14 bits per heavy atom. The number of rotatable bonds is 6. The molecule has 0 spiro atoms. The number of nitrogens with one attached hydrogen (secondary N) is 2. The fourth-order valence-corrected chi connectivity index (χ4v) is 5.29. The highest BCUT2D eigenvalue weighted by Gasteiger charge is 2.31. The van der Waals surface area contributed by atoms with Crippen LogP contribution in [0.3, 0.4) is 0 Å². The van der Waals surface area contributed by atoms with Crippen molar-refractivity contribution in [2.24, 2.45) is 0 Å². The number of thioether (sulfide) groups is 1. The first-order chi connectivity index (χ1) is 10.1. The highest BCUT2D eigenvalue weighted by molar-refractivity contribution is 7.99. The van der Waals surface area contributed by atoms with E-state index in [1.54, 1.807) is 12.1 Å². The van der Waals surface area contributed by atoms with Gasteiger partial charge in [0.2, 0.25) is 10.0 Å². The molecular weight excluding hydrogens is 304 g/mol. The minimum Gasteiger partial charge on any atom is -0.380 e. The van der Waals surface area contributed by atoms with E-state index in [2.05, 4.69) is 16.3 Å². The normalized spacial score (nSPS) is 26.0. The average molecular weight is 326 g/mol. The van der Waals surface area contributed by atoms with Crippen molar-refractivity contribution in [3.63, 3.8) is 0 Å². The summed E-state index contributed by atoms with van der Waals surface area (Å²) in [7, 11) is -3.41. The number of hydrogen-bond donors (Lipinski definition) is 2. The summed E-state index contributed by atoms with van der Waals surface area (Å²) in [4.78, 5) is 0.378. The van der Waals surface area contributed by atoms with Crippen molar-refractivity contribution in [2.45, 2.75) is 54.3 Å². The third-order valence-electron chi connectivity index (χ3n) is 4.17. The topological polar surface area (TPSA) is 58.2 Å². The molecule has 2 N–H and O–H groups in total. The molecule has 2 atom stereocenters. The lowest BCUT2D eigenvalue weighted by molar-refractivity contribution is 0.581. The van der Waals surface area contributed by atoms with Gasteiger partial charge in [-0.2, -0.15) is 11.8 Å². The maximum atomic E-state index is 12.5. The quantitative estimate of drug-likeness (QED) is 0.844. The average Bonchev–Trinajstić information content (AvgIpc) is 3.15. The molecule has 1 aromatic rings. The van der Waals surface area contributed by atoms with Gasteiger partial charge in [-0.3, -0.25) is 0 Å². The summed E-state index contributed by atoms with van der Waals surface area (Å²) in [6.45, 7) is 0. The van der Waals surface area contributed by atoms with Gasteiger partial charge >= 0.3 is 0 Å². The van der Waals surface area contributed by atoms with Crippen LogP contribution in [0.15, 0.2) is 29.2 Å². The zero-order valence-electron chi connectivity index (χ0n) is 12.2. The maximum Gasteiger partial charge on any atom is 0.242 e. The van der Waals surface area contributed by atoms with Crippen LogP contribution in [-0.2, 0) is 10.0 Å². The van der Waals surface area contributed by atoms with E-state index < -0.39 is 10.0 Å². The predicted molar refractivity (Wildman–Crippen MR) is 88.4 cm³/mol. The smallest absolute Gasteiger partial charge is 0.242 e. The summed E-state index contributed by atoms with van der Waals surface area (Å²) >= 11 is 1.87. The first-order valence-electron chi connectivity index (χ1n) is 7.51. The Bertz CT molecular complexity index is 599. The lowest BCUT2D eigenvalue weighted by Crippen LogP contribution is -2.29. The summed E-state index contributed by atoms with van der Waals surface area (Å²) in [5, 5.41) is 4.04. The SMILES string of the molecule is CSC1CCCC1Nc1ccccc1S(=O)(=O)NC1CC1. The van der Waals surface area contributed by atoms with Gasteiger partial charge in [-0.25, -0.2) is 13.1 Å². The molecule has 2 unspecified atom stereocenters. The Hall–Kier alpha value is -0.720. The van der Waals surface area contributed by atoms with Gasteiger partial charge in [-0.05, 0) is 44.1 Å². The lowest BCUT2D eigenvalue weighted by Gasteiger charge is -2.22. The van der Waals surface area contributed by atoms with Gasteiger partial charge in [-0.1, -0.05) is 18.6 Å². The summed E-state index contributed by atoms with van der Waals surface area (Å²) in [6, 6.07) is 7.73. The molecule has 0 aromatic heterocycles. The zero-order chi connectivity index (χ0) is 14.9. The molecule has 1 aromatic carbocycles. The van der Waals surface area contributed by atoms with E-state index in [1.165, 1.54) is 12.8 Å². The molecule has 2 saturated carbocycles. The minimum absolute atomic E-state index is 0.133. The van der Waals surface area contributed by atoms with Gasteiger partial charge in [0.25, 0.3) is 0 Å². The van der Waals surface area contributed by atoms with Crippen LogP contribution in [-0.4, -0.2) is 32.0 Å². The molecular formula is C15H22N2O2S2. The fourth-order valence-electron chi connectivity index (χ4n) is 2.88. The van der Waals surface area contributed by atoms with E-state index in [1.807, 2.05) is 23.9 Å². The number of hydrogen-bond acceptors (Lipinski definition) is 4. The summed E-state index contributed by atoms with van der Waals surface area (Å²) < 4.78 is 27.7. The second-order valence-corrected chi connectivity index (χ2v) is 8.61. The Labute approximate surface area is 131 Å². The van der Waals surface area contributed by atoms with E-state index >= 15 is 0 Å². The molecule has 2 aliphatic carbocycles. The van der Waals surface area contributed by atoms with Crippen LogP contribution < -0.4 is 10.0 Å². The van der Waals surface area contributed by atoms with E-state index in [-0.39, 0.29) is 6.04 Å². The first-order valence-corrected chi connectivity index (χ1v) is 10.3. The third-order valence-corrected chi connectivity index (χ3v) is 6.92. The van der Waals surface area contributed by atoms with Gasteiger partial charge < -0.3 is 5.32 Å². The van der Waals surface area contributed by atoms with Gasteiger partial charge in [0.1, 0.15) is 4.90 Å². The van der Waals surface area contributed by atoms with Crippen molar-refractivity contribution in [3.8, 4) is 0 Å². The van der Waals surface area contributed by atoms with Crippen molar-refractivity contribution >= 4 is 27.5 Å². The van der Waals surface area contributed by atoms with Crippen LogP contribution in [0.25, 0.3) is 0 Å². The van der Waals surface area contributed by atoms with Gasteiger partial charge in [-0.15, -0.1) is 0 Å². The van der Waals surface area contributed by atoms with Crippen molar-refractivity contribution in [1.29, 1.82) is 0 Å². The standard InChI is InChI=1S/C15H22N2O2S2/c1-20-14-7-4-6-12(14)16-13-5-2-3-8-15(13)21(18,19)17-11-9-10-11/h2-3,5,8,11-12,14,16-17H,4,6-7,9-10H2,1H3. The van der Waals surface area contributed by atoms with Crippen molar-refractivity contribution in [2.75, 3.05) is 11.6 Å². The largest absolute Gasteiger partial charge is 0.380 e. The van der Waals surface area contributed by atoms with Crippen LogP contribution in [0.2, 0.25) is 0 Å². The Morgan fingerprint density at radius 3 is 2.62 bits per heavy atom. The molecule has 2 fully saturated rings. The van der Waals surface area contributed by atoms with Crippen molar-refractivity contribution < 1.29 is 8.42 Å². The van der Waals surface area contributed by atoms with Crippen LogP contribution in [0.1, 0.15) is 32.1 Å². The fraction of sp³-hybridized carbons (Fsp3) is 0.600. The lowest BCUT2D eigenvalue weighted by atomic mass is 10.2. The van der Waals surface area contributed by atoms with E-state index in [4.69, 9.17) is 0 Å². The van der Waals surface area contributed by atoms with Crippen LogP contribution >= 0.6 is 11.8 Å². The number of sulfonamides is 1. The summed E-state index contributed by atoms with van der Waals surface area (Å²) in [5.41, 5.74) is 0.733. The monoisotopic (exact) mass is 326 g/mol. The maximum absolute atomic E-state index is 12.5. The number of anilines is 1. The van der Waals surface area contributed by atoms with Gasteiger partial charge in [0, 0.05) is 17.3 Å². The molecule has 0 radical (unpaired) electrons. The van der Waals surface area contributed by atoms with Crippen LogP contribution in [0.5, 0.6) is 0 Å². The van der Waals surface area contributed by atoms with E-state index in [0.717, 1.165) is 24.9 Å². The van der Waals surface area contributed by atoms with Crippen LogP contribution in [0, 0.1) is 0 Å². The minimum atomic E-state index is -3.41. The highest BCUT2D eigenvalue weighted by Crippen LogP contribution is 2.33. The highest BCUT2D eigenvalue weighted by atomic mass is 32.2. The van der Waals surface area contributed by atoms with Crippen LogP contribution in [0.4, 0.5) is 5.69 Å². The molecule has 116 valence electrons. The van der Waals surface area contributed by atoms with Crippen molar-refractivity contribution in [1.82, 2.24) is 4.72 Å². The number of benzene rings is 1. The molecule has 0 heterocycles. The predicted octanol–water partition coefficient (Wildman–Crippen LogP) is 2.82. The molecule has 0 amide bonds.